The van der Waals surface area contributed by atoms with E-state index in [0.29, 0.717) is 15.7 Å². The van der Waals surface area contributed by atoms with Crippen molar-refractivity contribution in [2.75, 3.05) is 36.4 Å². The molecule has 0 unspecified atom stereocenters. The highest BCUT2D eigenvalue weighted by Crippen LogP contribution is 2.26. The SMILES string of the molecule is Cc1cccc(N2CCN(/C=C(/C#N)C(=O)Nc3ccc(Cl)c(Cl)c3)CC2)c1C. The lowest BCUT2D eigenvalue weighted by molar-refractivity contribution is -0.112. The summed E-state index contributed by atoms with van der Waals surface area (Å²) in [5.74, 6) is -0.470. The number of nitrogens with one attached hydrogen (secondary N) is 1. The number of aryl methyl sites for hydroxylation is 1. The summed E-state index contributed by atoms with van der Waals surface area (Å²) in [6, 6.07) is 13.1. The number of amides is 1. The normalized spacial score (nSPS) is 14.5. The molecule has 1 saturated heterocycles. The summed E-state index contributed by atoms with van der Waals surface area (Å²) in [6.45, 7) is 7.38. The predicted molar refractivity (Wildman–Crippen MR) is 118 cm³/mol. The highest BCUT2D eigenvalue weighted by atomic mass is 35.5. The summed E-state index contributed by atoms with van der Waals surface area (Å²) in [6.07, 6.45) is 1.63. The summed E-state index contributed by atoms with van der Waals surface area (Å²) in [5, 5.41) is 12.9. The number of benzene rings is 2. The number of piperazine rings is 1. The summed E-state index contributed by atoms with van der Waals surface area (Å²) >= 11 is 11.9. The summed E-state index contributed by atoms with van der Waals surface area (Å²) in [4.78, 5) is 16.8. The van der Waals surface area contributed by atoms with Gasteiger partial charge in [0.15, 0.2) is 0 Å². The molecular formula is C22H22Cl2N4O. The molecule has 0 aromatic heterocycles. The molecule has 1 fully saturated rings. The minimum atomic E-state index is -0.470. The van der Waals surface area contributed by atoms with Crippen LogP contribution in [0.15, 0.2) is 48.2 Å². The molecule has 0 atom stereocenters. The third-order valence-electron chi connectivity index (χ3n) is 5.09. The summed E-state index contributed by atoms with van der Waals surface area (Å²) in [7, 11) is 0. The van der Waals surface area contributed by atoms with Gasteiger partial charge in [0, 0.05) is 43.8 Å². The fraction of sp³-hybridized carbons (Fsp3) is 0.273. The fourth-order valence-corrected chi connectivity index (χ4v) is 3.56. The Hall–Kier alpha value is -2.68. The number of nitriles is 1. The van der Waals surface area contributed by atoms with Crippen molar-refractivity contribution in [3.8, 4) is 6.07 Å². The van der Waals surface area contributed by atoms with Gasteiger partial charge in [-0.05, 0) is 49.2 Å². The molecular weight excluding hydrogens is 407 g/mol. The van der Waals surface area contributed by atoms with Crippen LogP contribution in [-0.2, 0) is 4.79 Å². The van der Waals surface area contributed by atoms with E-state index >= 15 is 0 Å². The van der Waals surface area contributed by atoms with E-state index < -0.39 is 5.91 Å². The van der Waals surface area contributed by atoms with Gasteiger partial charge >= 0.3 is 0 Å². The molecule has 3 rings (SSSR count). The van der Waals surface area contributed by atoms with Gasteiger partial charge in [-0.25, -0.2) is 0 Å². The predicted octanol–water partition coefficient (Wildman–Crippen LogP) is 4.78. The lowest BCUT2D eigenvalue weighted by atomic mass is 10.1. The first-order chi connectivity index (χ1) is 13.9. The zero-order valence-corrected chi connectivity index (χ0v) is 17.9. The molecule has 2 aromatic rings. The molecule has 7 heteroatoms. The van der Waals surface area contributed by atoms with E-state index in [4.69, 9.17) is 23.2 Å². The zero-order chi connectivity index (χ0) is 21.0. The topological polar surface area (TPSA) is 59.4 Å². The molecule has 150 valence electrons. The first kappa shape index (κ1) is 21.0. The van der Waals surface area contributed by atoms with Gasteiger partial charge in [-0.2, -0.15) is 5.26 Å². The number of hydrogen-bond acceptors (Lipinski definition) is 4. The summed E-state index contributed by atoms with van der Waals surface area (Å²) < 4.78 is 0. The highest BCUT2D eigenvalue weighted by molar-refractivity contribution is 6.42. The quantitative estimate of drug-likeness (QED) is 0.562. The van der Waals surface area contributed by atoms with Crippen molar-refractivity contribution < 1.29 is 4.79 Å². The van der Waals surface area contributed by atoms with Crippen molar-refractivity contribution in [3.63, 3.8) is 0 Å². The van der Waals surface area contributed by atoms with Gasteiger partial charge < -0.3 is 15.1 Å². The van der Waals surface area contributed by atoms with Crippen LogP contribution in [0.5, 0.6) is 0 Å². The minimum absolute atomic E-state index is 0.0521. The van der Waals surface area contributed by atoms with E-state index in [2.05, 4.69) is 42.3 Å². The first-order valence-corrected chi connectivity index (χ1v) is 10.1. The second kappa shape index (κ2) is 9.21. The minimum Gasteiger partial charge on any atom is -0.373 e. The van der Waals surface area contributed by atoms with Gasteiger partial charge in [-0.15, -0.1) is 0 Å². The number of rotatable bonds is 4. The van der Waals surface area contributed by atoms with Crippen LogP contribution >= 0.6 is 23.2 Å². The van der Waals surface area contributed by atoms with Gasteiger partial charge in [-0.3, -0.25) is 4.79 Å². The third-order valence-corrected chi connectivity index (χ3v) is 5.82. The van der Waals surface area contributed by atoms with Gasteiger partial charge in [0.1, 0.15) is 11.6 Å². The van der Waals surface area contributed by atoms with Crippen LogP contribution in [0.2, 0.25) is 10.0 Å². The van der Waals surface area contributed by atoms with Crippen LogP contribution in [0.3, 0.4) is 0 Å². The van der Waals surface area contributed by atoms with Crippen LogP contribution in [0.25, 0.3) is 0 Å². The third kappa shape index (κ3) is 5.03. The van der Waals surface area contributed by atoms with E-state index in [9.17, 15) is 10.1 Å². The van der Waals surface area contributed by atoms with Crippen LogP contribution < -0.4 is 10.2 Å². The fourth-order valence-electron chi connectivity index (χ4n) is 3.26. The van der Waals surface area contributed by atoms with Crippen molar-refractivity contribution in [1.29, 1.82) is 5.26 Å². The molecule has 1 aliphatic heterocycles. The van der Waals surface area contributed by atoms with E-state index in [1.807, 2.05) is 11.0 Å². The van der Waals surface area contributed by atoms with Gasteiger partial charge in [0.05, 0.1) is 10.0 Å². The molecule has 0 saturated carbocycles. The highest BCUT2D eigenvalue weighted by Gasteiger charge is 2.19. The lowest BCUT2D eigenvalue weighted by Gasteiger charge is -2.36. The van der Waals surface area contributed by atoms with Crippen LogP contribution in [0.1, 0.15) is 11.1 Å². The van der Waals surface area contributed by atoms with Crippen LogP contribution in [0, 0.1) is 25.2 Å². The molecule has 1 amide bonds. The van der Waals surface area contributed by atoms with Crippen molar-refractivity contribution in [3.05, 3.63) is 69.3 Å². The number of nitrogens with zero attached hydrogens (tertiary/aromatic N) is 3. The summed E-state index contributed by atoms with van der Waals surface area (Å²) in [5.41, 5.74) is 4.35. The second-order valence-corrected chi connectivity index (χ2v) is 7.79. The van der Waals surface area contributed by atoms with Gasteiger partial charge in [-0.1, -0.05) is 35.3 Å². The molecule has 29 heavy (non-hydrogen) atoms. The van der Waals surface area contributed by atoms with Crippen molar-refractivity contribution in [2.24, 2.45) is 0 Å². The molecule has 0 aliphatic carbocycles. The Balaban J connectivity index is 1.64. The van der Waals surface area contributed by atoms with Crippen molar-refractivity contribution in [2.45, 2.75) is 13.8 Å². The van der Waals surface area contributed by atoms with Gasteiger partial charge in [0.25, 0.3) is 5.91 Å². The van der Waals surface area contributed by atoms with E-state index in [1.165, 1.54) is 16.8 Å². The molecule has 5 nitrogen and oxygen atoms in total. The lowest BCUT2D eigenvalue weighted by Crippen LogP contribution is -2.44. The van der Waals surface area contributed by atoms with Crippen LogP contribution in [-0.4, -0.2) is 37.0 Å². The maximum absolute atomic E-state index is 12.5. The Morgan fingerprint density at radius 3 is 2.48 bits per heavy atom. The van der Waals surface area contributed by atoms with E-state index in [0.717, 1.165) is 26.2 Å². The van der Waals surface area contributed by atoms with E-state index in [-0.39, 0.29) is 5.57 Å². The smallest absolute Gasteiger partial charge is 0.267 e. The monoisotopic (exact) mass is 428 g/mol. The maximum atomic E-state index is 12.5. The number of halogens is 2. The van der Waals surface area contributed by atoms with Crippen molar-refractivity contribution in [1.82, 2.24) is 4.90 Å². The Morgan fingerprint density at radius 1 is 1.10 bits per heavy atom. The molecule has 1 heterocycles. The molecule has 0 bridgehead atoms. The van der Waals surface area contributed by atoms with Crippen molar-refractivity contribution >= 4 is 40.5 Å². The van der Waals surface area contributed by atoms with Gasteiger partial charge in [0.2, 0.25) is 0 Å². The Bertz CT molecular complexity index is 989. The Morgan fingerprint density at radius 2 is 1.83 bits per heavy atom. The Labute approximate surface area is 181 Å². The molecule has 0 radical (unpaired) electrons. The number of carbonyl (C=O) groups is 1. The number of hydrogen-bond donors (Lipinski definition) is 1. The molecule has 2 aromatic carbocycles. The van der Waals surface area contributed by atoms with Crippen LogP contribution in [0.4, 0.5) is 11.4 Å². The molecule has 1 aliphatic rings. The molecule has 1 N–H and O–H groups in total. The zero-order valence-electron chi connectivity index (χ0n) is 16.4. The maximum Gasteiger partial charge on any atom is 0.267 e. The second-order valence-electron chi connectivity index (χ2n) is 6.98. The van der Waals surface area contributed by atoms with E-state index in [1.54, 1.807) is 24.4 Å². The average molecular weight is 429 g/mol. The number of carbonyl (C=O) groups excluding carboxylic acids is 1. The number of anilines is 2. The Kier molecular flexibility index (Phi) is 6.68. The largest absolute Gasteiger partial charge is 0.373 e. The molecule has 0 spiro atoms. The first-order valence-electron chi connectivity index (χ1n) is 9.32. The average Bonchev–Trinajstić information content (AvgIpc) is 2.71. The standard InChI is InChI=1S/C22H22Cl2N4O/c1-15-4-3-5-21(16(15)2)28-10-8-27(9-11-28)14-17(13-25)22(29)26-18-6-7-19(23)20(24)12-18/h3-7,12,14H,8-11H2,1-2H3,(H,26,29)/b17-14-.